The average molecular weight is 284 g/mol. The van der Waals surface area contributed by atoms with Gasteiger partial charge in [-0.2, -0.15) is 0 Å². The zero-order valence-corrected chi connectivity index (χ0v) is 11.6. The quantitative estimate of drug-likeness (QED) is 0.906. The number of rotatable bonds is 3. The second kappa shape index (κ2) is 6.06. The van der Waals surface area contributed by atoms with Crippen LogP contribution in [0.3, 0.4) is 0 Å². The van der Waals surface area contributed by atoms with E-state index in [1.165, 1.54) is 12.1 Å². The Bertz CT molecular complexity index is 639. The minimum Gasteiger partial charge on any atom is -0.353 e. The lowest BCUT2D eigenvalue weighted by atomic mass is 9.94. The fourth-order valence-electron chi connectivity index (χ4n) is 2.64. The number of carbonyl (C=O) groups excluding carboxylic acids is 1. The third-order valence-corrected chi connectivity index (χ3v) is 3.73. The van der Waals surface area contributed by atoms with E-state index in [1.807, 2.05) is 24.3 Å². The van der Waals surface area contributed by atoms with Crippen molar-refractivity contribution < 1.29 is 9.18 Å². The maximum Gasteiger partial charge on any atom is 0.237 e. The molecule has 3 nitrogen and oxygen atoms in total. The SMILES string of the molecule is O=C1NCCN[C@H]1Cc1ccccc1-c1ccc(F)cc1. The van der Waals surface area contributed by atoms with Gasteiger partial charge in [0.1, 0.15) is 5.82 Å². The summed E-state index contributed by atoms with van der Waals surface area (Å²) >= 11 is 0. The van der Waals surface area contributed by atoms with Crippen molar-refractivity contribution in [3.05, 3.63) is 59.9 Å². The van der Waals surface area contributed by atoms with Gasteiger partial charge in [-0.25, -0.2) is 4.39 Å². The Kier molecular flexibility index (Phi) is 3.97. The van der Waals surface area contributed by atoms with Crippen LogP contribution in [0.15, 0.2) is 48.5 Å². The highest BCUT2D eigenvalue weighted by Crippen LogP contribution is 2.25. The molecule has 1 atom stereocenters. The van der Waals surface area contributed by atoms with Crippen LogP contribution in [0, 0.1) is 5.82 Å². The zero-order valence-electron chi connectivity index (χ0n) is 11.6. The van der Waals surface area contributed by atoms with Crippen LogP contribution in [-0.2, 0) is 11.2 Å². The van der Waals surface area contributed by atoms with Crippen molar-refractivity contribution in [1.29, 1.82) is 0 Å². The fourth-order valence-corrected chi connectivity index (χ4v) is 2.64. The molecule has 108 valence electrons. The zero-order chi connectivity index (χ0) is 14.7. The van der Waals surface area contributed by atoms with Crippen LogP contribution in [0.4, 0.5) is 4.39 Å². The molecule has 0 radical (unpaired) electrons. The van der Waals surface area contributed by atoms with Crippen LogP contribution >= 0.6 is 0 Å². The summed E-state index contributed by atoms with van der Waals surface area (Å²) in [5.74, 6) is -0.209. The predicted octanol–water partition coefficient (Wildman–Crippen LogP) is 2.12. The van der Waals surface area contributed by atoms with E-state index in [4.69, 9.17) is 0 Å². The number of benzene rings is 2. The normalized spacial score (nSPS) is 18.3. The van der Waals surface area contributed by atoms with E-state index in [1.54, 1.807) is 12.1 Å². The summed E-state index contributed by atoms with van der Waals surface area (Å²) in [6.07, 6.45) is 0.624. The Balaban J connectivity index is 1.89. The van der Waals surface area contributed by atoms with Gasteiger partial charge in [0.15, 0.2) is 0 Å². The van der Waals surface area contributed by atoms with Gasteiger partial charge in [-0.1, -0.05) is 36.4 Å². The van der Waals surface area contributed by atoms with Gasteiger partial charge < -0.3 is 10.6 Å². The Morgan fingerprint density at radius 2 is 1.81 bits per heavy atom. The molecule has 21 heavy (non-hydrogen) atoms. The molecule has 3 rings (SSSR count). The van der Waals surface area contributed by atoms with E-state index in [0.29, 0.717) is 13.0 Å². The Morgan fingerprint density at radius 1 is 1.05 bits per heavy atom. The first kappa shape index (κ1) is 13.8. The third-order valence-electron chi connectivity index (χ3n) is 3.73. The maximum absolute atomic E-state index is 13.1. The molecule has 0 aliphatic carbocycles. The molecule has 1 heterocycles. The summed E-state index contributed by atoms with van der Waals surface area (Å²) in [5.41, 5.74) is 3.08. The second-order valence-corrected chi connectivity index (χ2v) is 5.17. The molecule has 0 unspecified atom stereocenters. The summed E-state index contributed by atoms with van der Waals surface area (Å²) < 4.78 is 13.1. The van der Waals surface area contributed by atoms with Crippen molar-refractivity contribution in [3.63, 3.8) is 0 Å². The van der Waals surface area contributed by atoms with E-state index in [9.17, 15) is 9.18 Å². The fraction of sp³-hybridized carbons (Fsp3) is 0.235. The van der Waals surface area contributed by atoms with Crippen LogP contribution in [0.2, 0.25) is 0 Å². The molecule has 4 heteroatoms. The molecule has 0 spiro atoms. The Hall–Kier alpha value is -2.20. The highest BCUT2D eigenvalue weighted by Gasteiger charge is 2.22. The monoisotopic (exact) mass is 284 g/mol. The predicted molar refractivity (Wildman–Crippen MR) is 80.3 cm³/mol. The van der Waals surface area contributed by atoms with E-state index in [2.05, 4.69) is 10.6 Å². The first-order chi connectivity index (χ1) is 10.2. The molecule has 1 saturated heterocycles. The highest BCUT2D eigenvalue weighted by atomic mass is 19.1. The van der Waals surface area contributed by atoms with Crippen LogP contribution in [-0.4, -0.2) is 25.0 Å². The van der Waals surface area contributed by atoms with Crippen LogP contribution in [0.5, 0.6) is 0 Å². The first-order valence-corrected chi connectivity index (χ1v) is 7.09. The minimum absolute atomic E-state index is 0.0372. The molecular weight excluding hydrogens is 267 g/mol. The number of piperazine rings is 1. The number of halogens is 1. The van der Waals surface area contributed by atoms with Gasteiger partial charge in [0, 0.05) is 13.1 Å². The summed E-state index contributed by atoms with van der Waals surface area (Å²) in [4.78, 5) is 11.9. The molecular formula is C17H17FN2O. The Morgan fingerprint density at radius 3 is 2.57 bits per heavy atom. The van der Waals surface area contributed by atoms with Crippen molar-refractivity contribution in [2.24, 2.45) is 0 Å². The maximum atomic E-state index is 13.1. The van der Waals surface area contributed by atoms with Crippen molar-refractivity contribution in [2.75, 3.05) is 13.1 Å². The van der Waals surface area contributed by atoms with Crippen molar-refractivity contribution in [3.8, 4) is 11.1 Å². The minimum atomic E-state index is -0.246. The summed E-state index contributed by atoms with van der Waals surface area (Å²) in [5, 5.41) is 6.10. The van der Waals surface area contributed by atoms with Crippen LogP contribution < -0.4 is 10.6 Å². The largest absolute Gasteiger partial charge is 0.353 e. The van der Waals surface area contributed by atoms with Crippen LogP contribution in [0.25, 0.3) is 11.1 Å². The smallest absolute Gasteiger partial charge is 0.237 e. The molecule has 0 saturated carbocycles. The number of amides is 1. The van der Waals surface area contributed by atoms with Crippen molar-refractivity contribution in [1.82, 2.24) is 10.6 Å². The van der Waals surface area contributed by atoms with E-state index in [0.717, 1.165) is 23.2 Å². The van der Waals surface area contributed by atoms with Gasteiger partial charge in [0.05, 0.1) is 6.04 Å². The van der Waals surface area contributed by atoms with Gasteiger partial charge in [0.2, 0.25) is 5.91 Å². The highest BCUT2D eigenvalue weighted by molar-refractivity contribution is 5.83. The number of carbonyl (C=O) groups is 1. The van der Waals surface area contributed by atoms with Crippen molar-refractivity contribution >= 4 is 5.91 Å². The number of hydrogen-bond donors (Lipinski definition) is 2. The summed E-state index contributed by atoms with van der Waals surface area (Å²) in [6, 6.07) is 14.2. The standard InChI is InChI=1S/C17H17FN2O/c18-14-7-5-12(6-8-14)15-4-2-1-3-13(15)11-16-17(21)20-10-9-19-16/h1-8,16,19H,9-11H2,(H,20,21)/t16-/m0/s1. The third kappa shape index (κ3) is 3.11. The molecule has 0 aromatic heterocycles. The molecule has 1 fully saturated rings. The lowest BCUT2D eigenvalue weighted by molar-refractivity contribution is -0.124. The molecule has 2 aromatic carbocycles. The number of nitrogens with one attached hydrogen (secondary N) is 2. The van der Waals surface area contributed by atoms with E-state index < -0.39 is 0 Å². The molecule has 2 N–H and O–H groups in total. The lowest BCUT2D eigenvalue weighted by Gasteiger charge is -2.24. The van der Waals surface area contributed by atoms with Gasteiger partial charge in [0.25, 0.3) is 0 Å². The second-order valence-electron chi connectivity index (χ2n) is 5.17. The van der Waals surface area contributed by atoms with Gasteiger partial charge in [-0.05, 0) is 35.2 Å². The average Bonchev–Trinajstić information content (AvgIpc) is 2.51. The molecule has 2 aromatic rings. The van der Waals surface area contributed by atoms with Gasteiger partial charge in [-0.3, -0.25) is 4.79 Å². The summed E-state index contributed by atoms with van der Waals surface area (Å²) in [7, 11) is 0. The van der Waals surface area contributed by atoms with E-state index in [-0.39, 0.29) is 17.8 Å². The summed E-state index contributed by atoms with van der Waals surface area (Å²) in [6.45, 7) is 1.46. The molecule has 1 amide bonds. The van der Waals surface area contributed by atoms with Crippen LogP contribution in [0.1, 0.15) is 5.56 Å². The molecule has 0 bridgehead atoms. The van der Waals surface area contributed by atoms with Gasteiger partial charge in [-0.15, -0.1) is 0 Å². The van der Waals surface area contributed by atoms with Crippen molar-refractivity contribution in [2.45, 2.75) is 12.5 Å². The number of hydrogen-bond acceptors (Lipinski definition) is 2. The Labute approximate surface area is 123 Å². The van der Waals surface area contributed by atoms with Gasteiger partial charge >= 0.3 is 0 Å². The first-order valence-electron chi connectivity index (χ1n) is 7.09. The molecule has 1 aliphatic rings. The van der Waals surface area contributed by atoms with E-state index >= 15 is 0 Å². The topological polar surface area (TPSA) is 41.1 Å². The molecule has 1 aliphatic heterocycles. The lowest BCUT2D eigenvalue weighted by Crippen LogP contribution is -2.53.